The Hall–Kier alpha value is -1.95. The maximum atomic E-state index is 13.8. The van der Waals surface area contributed by atoms with E-state index in [9.17, 15) is 22.0 Å². The molecule has 1 aliphatic rings. The lowest BCUT2D eigenvalue weighted by Crippen LogP contribution is -2.49. The molecule has 148 valence electrons. The number of hydrogen-bond donors (Lipinski definition) is 1. The summed E-state index contributed by atoms with van der Waals surface area (Å²) in [7, 11) is -3.78. The number of nitrogens with zero attached hydrogens (tertiary/aromatic N) is 2. The van der Waals surface area contributed by atoms with Crippen molar-refractivity contribution in [3.63, 3.8) is 0 Å². The van der Waals surface area contributed by atoms with Gasteiger partial charge in [0.15, 0.2) is 10.9 Å². The van der Waals surface area contributed by atoms with Crippen LogP contribution in [0.1, 0.15) is 19.3 Å². The van der Waals surface area contributed by atoms with E-state index in [4.69, 9.17) is 0 Å². The number of hydrogen-bond acceptors (Lipinski definition) is 6. The van der Waals surface area contributed by atoms with Crippen LogP contribution in [-0.4, -0.2) is 36.2 Å². The third-order valence-corrected chi connectivity index (χ3v) is 8.66. The number of amides is 1. The highest BCUT2D eigenvalue weighted by molar-refractivity contribution is 7.91. The smallest absolute Gasteiger partial charge is 0.253 e. The third-order valence-electron chi connectivity index (χ3n) is 4.46. The molecule has 1 aromatic carbocycles. The van der Waals surface area contributed by atoms with Crippen LogP contribution >= 0.6 is 22.7 Å². The summed E-state index contributed by atoms with van der Waals surface area (Å²) in [5.41, 5.74) is -0.0339. The van der Waals surface area contributed by atoms with Gasteiger partial charge >= 0.3 is 0 Å². The first-order chi connectivity index (χ1) is 13.4. The van der Waals surface area contributed by atoms with Crippen molar-refractivity contribution in [2.75, 3.05) is 11.9 Å². The number of halogens is 2. The Balaban J connectivity index is 1.60. The molecule has 1 aliphatic heterocycles. The molecule has 3 heterocycles. The second kappa shape index (κ2) is 7.47. The molecular weight excluding hydrogens is 428 g/mol. The van der Waals surface area contributed by atoms with E-state index in [0.717, 1.165) is 34.8 Å². The largest absolute Gasteiger partial charge is 0.301 e. The summed E-state index contributed by atoms with van der Waals surface area (Å²) in [6.45, 7) is 0.248. The normalized spacial score (nSPS) is 18.4. The van der Waals surface area contributed by atoms with Crippen molar-refractivity contribution >= 4 is 54.0 Å². The second-order valence-corrected chi connectivity index (χ2v) is 10.4. The van der Waals surface area contributed by atoms with Gasteiger partial charge in [0.25, 0.3) is 10.0 Å². The van der Waals surface area contributed by atoms with Gasteiger partial charge in [-0.05, 0) is 30.4 Å². The van der Waals surface area contributed by atoms with Crippen molar-refractivity contribution in [3.8, 4) is 0 Å². The maximum absolute atomic E-state index is 13.8. The molecule has 4 rings (SSSR count). The summed E-state index contributed by atoms with van der Waals surface area (Å²) in [6.07, 6.45) is 1.76. The predicted octanol–water partition coefficient (Wildman–Crippen LogP) is 3.82. The number of piperidine rings is 1. The third kappa shape index (κ3) is 3.54. The van der Waals surface area contributed by atoms with Gasteiger partial charge in [-0.2, -0.15) is 4.31 Å². The second-order valence-electron chi connectivity index (χ2n) is 6.30. The zero-order valence-corrected chi connectivity index (χ0v) is 16.8. The predicted molar refractivity (Wildman–Crippen MR) is 104 cm³/mol. The van der Waals surface area contributed by atoms with Gasteiger partial charge in [0.1, 0.15) is 21.6 Å². The Labute approximate surface area is 167 Å². The van der Waals surface area contributed by atoms with E-state index < -0.39 is 33.6 Å². The highest BCUT2D eigenvalue weighted by Gasteiger charge is 2.38. The number of fused-ring (bicyclic) bond motifs is 1. The number of thiophene rings is 1. The lowest BCUT2D eigenvalue weighted by molar-refractivity contribution is -0.120. The molecule has 0 aliphatic carbocycles. The van der Waals surface area contributed by atoms with Crippen LogP contribution in [0.25, 0.3) is 10.2 Å². The summed E-state index contributed by atoms with van der Waals surface area (Å²) in [5, 5.41) is 4.34. The molecule has 0 radical (unpaired) electrons. The van der Waals surface area contributed by atoms with Gasteiger partial charge in [-0.25, -0.2) is 22.2 Å². The number of thiazole rings is 1. The van der Waals surface area contributed by atoms with Gasteiger partial charge in [0, 0.05) is 12.6 Å². The minimum atomic E-state index is -3.78. The number of aromatic nitrogens is 1. The molecule has 1 saturated heterocycles. The summed E-state index contributed by atoms with van der Waals surface area (Å²) < 4.78 is 54.6. The SMILES string of the molecule is O=C(Nc1nc2c(F)cc(F)cc2s1)[C@@H]1CCCCN1S(=O)(=O)c1cccs1. The van der Waals surface area contributed by atoms with Crippen LogP contribution in [-0.2, 0) is 14.8 Å². The molecule has 0 spiro atoms. The Morgan fingerprint density at radius 3 is 2.86 bits per heavy atom. The molecule has 1 atom stereocenters. The summed E-state index contributed by atoms with van der Waals surface area (Å²) in [4.78, 5) is 16.8. The standard InChI is InChI=1S/C17H15F2N3O3S3/c18-10-8-11(19)15-13(9-10)27-17(20-15)21-16(23)12-4-1-2-6-22(12)28(24,25)14-5-3-7-26-14/h3,5,7-9,12H,1-2,4,6H2,(H,20,21,23)/t12-/m0/s1. The average molecular weight is 444 g/mol. The highest BCUT2D eigenvalue weighted by atomic mass is 32.2. The molecule has 1 fully saturated rings. The molecular formula is C17H15F2N3O3S3. The van der Waals surface area contributed by atoms with E-state index in [1.165, 1.54) is 10.4 Å². The van der Waals surface area contributed by atoms with Crippen molar-refractivity contribution in [3.05, 3.63) is 41.3 Å². The molecule has 0 bridgehead atoms. The number of anilines is 1. The summed E-state index contributed by atoms with van der Waals surface area (Å²) in [6, 6.07) is 4.14. The summed E-state index contributed by atoms with van der Waals surface area (Å²) in [5.74, 6) is -2.07. The minimum absolute atomic E-state index is 0.0339. The van der Waals surface area contributed by atoms with Gasteiger partial charge in [-0.15, -0.1) is 11.3 Å². The Morgan fingerprint density at radius 2 is 2.11 bits per heavy atom. The van der Waals surface area contributed by atoms with Crippen molar-refractivity contribution < 1.29 is 22.0 Å². The number of rotatable bonds is 4. The monoisotopic (exact) mass is 443 g/mol. The van der Waals surface area contributed by atoms with E-state index >= 15 is 0 Å². The molecule has 0 saturated carbocycles. The first-order valence-corrected chi connectivity index (χ1v) is 11.6. The molecule has 6 nitrogen and oxygen atoms in total. The first-order valence-electron chi connectivity index (χ1n) is 8.48. The Kier molecular flexibility index (Phi) is 5.17. The van der Waals surface area contributed by atoms with Crippen LogP contribution in [0.15, 0.2) is 33.9 Å². The van der Waals surface area contributed by atoms with E-state index in [1.54, 1.807) is 11.4 Å². The van der Waals surface area contributed by atoms with Crippen molar-refractivity contribution in [2.24, 2.45) is 0 Å². The lowest BCUT2D eigenvalue weighted by Gasteiger charge is -2.32. The van der Waals surface area contributed by atoms with Gasteiger partial charge in [-0.3, -0.25) is 4.79 Å². The van der Waals surface area contributed by atoms with E-state index in [-0.39, 0.29) is 26.1 Å². The van der Waals surface area contributed by atoms with Crippen LogP contribution in [0.4, 0.5) is 13.9 Å². The quantitative estimate of drug-likeness (QED) is 0.665. The van der Waals surface area contributed by atoms with Gasteiger partial charge in [0.2, 0.25) is 5.91 Å². The van der Waals surface area contributed by atoms with Gasteiger partial charge < -0.3 is 5.32 Å². The van der Waals surface area contributed by atoms with Gasteiger partial charge in [-0.1, -0.05) is 23.8 Å². The molecule has 0 unspecified atom stereocenters. The Morgan fingerprint density at radius 1 is 1.29 bits per heavy atom. The minimum Gasteiger partial charge on any atom is -0.301 e. The number of sulfonamides is 1. The van der Waals surface area contributed by atoms with Crippen LogP contribution in [0, 0.1) is 11.6 Å². The van der Waals surface area contributed by atoms with Crippen molar-refractivity contribution in [2.45, 2.75) is 29.5 Å². The lowest BCUT2D eigenvalue weighted by atomic mass is 10.0. The fourth-order valence-electron chi connectivity index (χ4n) is 3.18. The molecule has 1 N–H and O–H groups in total. The van der Waals surface area contributed by atoms with Crippen molar-refractivity contribution in [1.29, 1.82) is 0 Å². The van der Waals surface area contributed by atoms with Gasteiger partial charge in [0.05, 0.1) is 4.70 Å². The molecule has 28 heavy (non-hydrogen) atoms. The van der Waals surface area contributed by atoms with Crippen LogP contribution in [0.5, 0.6) is 0 Å². The molecule has 11 heteroatoms. The topological polar surface area (TPSA) is 79.4 Å². The fourth-order valence-corrected chi connectivity index (χ4v) is 6.86. The van der Waals surface area contributed by atoms with Crippen LogP contribution in [0.3, 0.4) is 0 Å². The number of carbonyl (C=O) groups excluding carboxylic acids is 1. The molecule has 1 amide bonds. The van der Waals surface area contributed by atoms with Crippen LogP contribution in [0.2, 0.25) is 0 Å². The van der Waals surface area contributed by atoms with E-state index in [1.807, 2.05) is 0 Å². The average Bonchev–Trinajstić information content (AvgIpc) is 3.32. The molecule has 2 aromatic heterocycles. The zero-order chi connectivity index (χ0) is 19.9. The van der Waals surface area contributed by atoms with E-state index in [2.05, 4.69) is 10.3 Å². The number of carbonyl (C=O) groups is 1. The summed E-state index contributed by atoms with van der Waals surface area (Å²) >= 11 is 2.03. The number of nitrogens with one attached hydrogen (secondary N) is 1. The highest BCUT2D eigenvalue weighted by Crippen LogP contribution is 2.31. The van der Waals surface area contributed by atoms with Crippen LogP contribution < -0.4 is 5.32 Å². The van der Waals surface area contributed by atoms with E-state index in [0.29, 0.717) is 19.3 Å². The number of benzene rings is 1. The fraction of sp³-hybridized carbons (Fsp3) is 0.294. The molecule has 3 aromatic rings. The first kappa shape index (κ1) is 19.4. The Bertz CT molecular complexity index is 1130. The zero-order valence-electron chi connectivity index (χ0n) is 14.4. The maximum Gasteiger partial charge on any atom is 0.253 e. The van der Waals surface area contributed by atoms with Crippen molar-refractivity contribution in [1.82, 2.24) is 9.29 Å².